The topological polar surface area (TPSA) is 58.6 Å². The Morgan fingerprint density at radius 2 is 2.20 bits per heavy atom. The minimum absolute atomic E-state index is 0.131. The number of hydrogen-bond acceptors (Lipinski definition) is 5. The predicted octanol–water partition coefficient (Wildman–Crippen LogP) is 0.642. The molecule has 0 saturated heterocycles. The molecular formula is C10H21NO3S. The molecule has 0 aromatic carbocycles. The number of nitrogens with one attached hydrogen (secondary N) is 1. The van der Waals surface area contributed by atoms with E-state index in [4.69, 9.17) is 9.84 Å². The molecule has 0 amide bonds. The van der Waals surface area contributed by atoms with E-state index in [1.807, 2.05) is 13.8 Å². The van der Waals surface area contributed by atoms with Crippen LogP contribution in [0.2, 0.25) is 0 Å². The number of thioether (sulfide) groups is 1. The van der Waals surface area contributed by atoms with Crippen LogP contribution in [0.1, 0.15) is 20.8 Å². The molecule has 0 bridgehead atoms. The van der Waals surface area contributed by atoms with Crippen LogP contribution >= 0.6 is 11.8 Å². The molecule has 0 rings (SSSR count). The first-order valence-electron chi connectivity index (χ1n) is 5.28. The molecule has 0 spiro atoms. The van der Waals surface area contributed by atoms with Gasteiger partial charge >= 0.3 is 5.97 Å². The van der Waals surface area contributed by atoms with Gasteiger partial charge < -0.3 is 15.2 Å². The van der Waals surface area contributed by atoms with E-state index in [0.29, 0.717) is 12.4 Å². The van der Waals surface area contributed by atoms with Crippen molar-refractivity contribution < 1.29 is 14.6 Å². The highest BCUT2D eigenvalue weighted by Gasteiger charge is 2.19. The fraction of sp³-hybridized carbons (Fsp3) is 0.900. The van der Waals surface area contributed by atoms with Crippen molar-refractivity contribution in [2.75, 3.05) is 25.5 Å². The largest absolute Gasteiger partial charge is 0.465 e. The molecule has 0 aromatic heterocycles. The molecule has 0 saturated carbocycles. The number of carbonyl (C=O) groups excluding carboxylic acids is 1. The summed E-state index contributed by atoms with van der Waals surface area (Å²) in [6.45, 7) is 6.94. The van der Waals surface area contributed by atoms with Crippen LogP contribution in [0, 0.1) is 0 Å². The first kappa shape index (κ1) is 14.7. The Balaban J connectivity index is 3.97. The number of likely N-dealkylation sites (N-methyl/N-ethyl adjacent to an activating group) is 1. The zero-order chi connectivity index (χ0) is 11.7. The van der Waals surface area contributed by atoms with Crippen LogP contribution in [-0.2, 0) is 9.53 Å². The van der Waals surface area contributed by atoms with Crippen molar-refractivity contribution >= 4 is 17.7 Å². The van der Waals surface area contributed by atoms with E-state index < -0.39 is 0 Å². The Kier molecular flexibility index (Phi) is 8.85. The third-order valence-corrected chi connectivity index (χ3v) is 3.07. The average molecular weight is 235 g/mol. The van der Waals surface area contributed by atoms with E-state index in [-0.39, 0.29) is 23.9 Å². The number of aliphatic hydroxyl groups excluding tert-OH is 1. The Morgan fingerprint density at radius 1 is 1.53 bits per heavy atom. The molecule has 0 aliphatic heterocycles. The standard InChI is InChI=1S/C10H21NO3S/c1-4-11-9(10(13)14-5-2)7-15-8(3)6-12/h8-9,11-12H,4-7H2,1-3H3. The van der Waals surface area contributed by atoms with Gasteiger partial charge in [-0.15, -0.1) is 0 Å². The highest BCUT2D eigenvalue weighted by atomic mass is 32.2. The van der Waals surface area contributed by atoms with E-state index in [0.717, 1.165) is 6.54 Å². The van der Waals surface area contributed by atoms with Gasteiger partial charge in [-0.05, 0) is 13.5 Å². The lowest BCUT2D eigenvalue weighted by molar-refractivity contribution is -0.144. The Bertz CT molecular complexity index is 178. The zero-order valence-electron chi connectivity index (χ0n) is 9.66. The molecule has 0 aliphatic carbocycles. The first-order valence-corrected chi connectivity index (χ1v) is 6.33. The van der Waals surface area contributed by atoms with Crippen molar-refractivity contribution in [1.29, 1.82) is 0 Å². The van der Waals surface area contributed by atoms with Crippen LogP contribution in [0.15, 0.2) is 0 Å². The fourth-order valence-electron chi connectivity index (χ4n) is 1.01. The minimum Gasteiger partial charge on any atom is -0.465 e. The highest BCUT2D eigenvalue weighted by molar-refractivity contribution is 7.99. The molecule has 2 atom stereocenters. The number of hydrogen-bond donors (Lipinski definition) is 2. The summed E-state index contributed by atoms with van der Waals surface area (Å²) in [5, 5.41) is 12.1. The maximum absolute atomic E-state index is 11.5. The van der Waals surface area contributed by atoms with Crippen molar-refractivity contribution in [2.24, 2.45) is 0 Å². The van der Waals surface area contributed by atoms with E-state index in [9.17, 15) is 4.79 Å². The van der Waals surface area contributed by atoms with E-state index in [1.54, 1.807) is 18.7 Å². The molecule has 4 nitrogen and oxygen atoms in total. The fourth-order valence-corrected chi connectivity index (χ4v) is 1.89. The van der Waals surface area contributed by atoms with Crippen molar-refractivity contribution in [3.05, 3.63) is 0 Å². The lowest BCUT2D eigenvalue weighted by atomic mass is 10.3. The van der Waals surface area contributed by atoms with E-state index in [2.05, 4.69) is 5.32 Å². The second kappa shape index (κ2) is 9.00. The summed E-state index contributed by atoms with van der Waals surface area (Å²) in [5.41, 5.74) is 0. The predicted molar refractivity (Wildman–Crippen MR) is 63.1 cm³/mol. The molecule has 0 aromatic rings. The zero-order valence-corrected chi connectivity index (χ0v) is 10.5. The number of aliphatic hydroxyl groups is 1. The molecule has 2 N–H and O–H groups in total. The lowest BCUT2D eigenvalue weighted by Crippen LogP contribution is -2.40. The number of esters is 1. The van der Waals surface area contributed by atoms with Gasteiger partial charge in [-0.1, -0.05) is 13.8 Å². The van der Waals surface area contributed by atoms with Crippen LogP contribution < -0.4 is 5.32 Å². The van der Waals surface area contributed by atoms with Crippen molar-refractivity contribution in [1.82, 2.24) is 5.32 Å². The third-order valence-electron chi connectivity index (χ3n) is 1.83. The maximum atomic E-state index is 11.5. The van der Waals surface area contributed by atoms with E-state index in [1.165, 1.54) is 0 Å². The first-order chi connectivity index (χ1) is 7.15. The second-order valence-corrected chi connectivity index (χ2v) is 4.66. The number of ether oxygens (including phenoxy) is 1. The van der Waals surface area contributed by atoms with Gasteiger partial charge in [-0.3, -0.25) is 4.79 Å². The molecule has 0 aliphatic rings. The summed E-state index contributed by atoms with van der Waals surface area (Å²) in [6, 6.07) is -0.269. The average Bonchev–Trinajstić information content (AvgIpc) is 2.23. The Labute approximate surface area is 95.8 Å². The number of carbonyl (C=O) groups is 1. The van der Waals surface area contributed by atoms with Gasteiger partial charge in [-0.25, -0.2) is 0 Å². The van der Waals surface area contributed by atoms with Gasteiger partial charge in [0, 0.05) is 11.0 Å². The van der Waals surface area contributed by atoms with Crippen LogP contribution in [0.3, 0.4) is 0 Å². The van der Waals surface area contributed by atoms with Gasteiger partial charge in [0.2, 0.25) is 0 Å². The molecule has 0 heterocycles. The van der Waals surface area contributed by atoms with Crippen molar-refractivity contribution in [3.63, 3.8) is 0 Å². The maximum Gasteiger partial charge on any atom is 0.323 e. The Morgan fingerprint density at radius 3 is 2.67 bits per heavy atom. The molecule has 0 fully saturated rings. The molecule has 15 heavy (non-hydrogen) atoms. The highest BCUT2D eigenvalue weighted by Crippen LogP contribution is 2.11. The van der Waals surface area contributed by atoms with E-state index >= 15 is 0 Å². The monoisotopic (exact) mass is 235 g/mol. The third kappa shape index (κ3) is 6.76. The summed E-state index contributed by atoms with van der Waals surface area (Å²) in [4.78, 5) is 11.5. The quantitative estimate of drug-likeness (QED) is 0.605. The molecular weight excluding hydrogens is 214 g/mol. The van der Waals surface area contributed by atoms with Crippen LogP contribution in [0.5, 0.6) is 0 Å². The lowest BCUT2D eigenvalue weighted by Gasteiger charge is -2.17. The molecule has 2 unspecified atom stereocenters. The second-order valence-electron chi connectivity index (χ2n) is 3.19. The Hall–Kier alpha value is -0.260. The normalized spacial score (nSPS) is 14.7. The van der Waals surface area contributed by atoms with Crippen LogP contribution in [0.25, 0.3) is 0 Å². The summed E-state index contributed by atoms with van der Waals surface area (Å²) < 4.78 is 4.95. The van der Waals surface area contributed by atoms with Gasteiger partial charge in [0.1, 0.15) is 6.04 Å². The van der Waals surface area contributed by atoms with Crippen LogP contribution in [-0.4, -0.2) is 47.9 Å². The van der Waals surface area contributed by atoms with Crippen LogP contribution in [0.4, 0.5) is 0 Å². The number of rotatable bonds is 8. The minimum atomic E-state index is -0.269. The summed E-state index contributed by atoms with van der Waals surface area (Å²) in [7, 11) is 0. The van der Waals surface area contributed by atoms with Crippen molar-refractivity contribution in [2.45, 2.75) is 32.1 Å². The van der Waals surface area contributed by atoms with Crippen molar-refractivity contribution in [3.8, 4) is 0 Å². The van der Waals surface area contributed by atoms with Gasteiger partial charge in [0.15, 0.2) is 0 Å². The summed E-state index contributed by atoms with van der Waals surface area (Å²) in [6.07, 6.45) is 0. The summed E-state index contributed by atoms with van der Waals surface area (Å²) in [5.74, 6) is 0.422. The molecule has 0 radical (unpaired) electrons. The van der Waals surface area contributed by atoms with Gasteiger partial charge in [-0.2, -0.15) is 11.8 Å². The molecule has 5 heteroatoms. The summed E-state index contributed by atoms with van der Waals surface area (Å²) >= 11 is 1.57. The smallest absolute Gasteiger partial charge is 0.323 e. The van der Waals surface area contributed by atoms with Gasteiger partial charge in [0.05, 0.1) is 13.2 Å². The molecule has 90 valence electrons. The van der Waals surface area contributed by atoms with Gasteiger partial charge in [0.25, 0.3) is 0 Å². The SMILES string of the molecule is CCNC(CSC(C)CO)C(=O)OCC.